The van der Waals surface area contributed by atoms with Crippen LogP contribution in [0.4, 0.5) is 0 Å². The first-order chi connectivity index (χ1) is 13.9. The van der Waals surface area contributed by atoms with Crippen LogP contribution in [0.25, 0.3) is 10.8 Å². The summed E-state index contributed by atoms with van der Waals surface area (Å²) in [4.78, 5) is 25.5. The molecule has 2 amide bonds. The normalized spacial score (nSPS) is 10.6. The molecule has 3 aromatic carbocycles. The summed E-state index contributed by atoms with van der Waals surface area (Å²) in [5, 5.41) is 2.42. The molecule has 6 nitrogen and oxygen atoms in total. The Kier molecular flexibility index (Phi) is 6.24. The summed E-state index contributed by atoms with van der Waals surface area (Å²) < 4.78 is 10.6. The Hall–Kier alpha value is -3.25. The highest BCUT2D eigenvalue weighted by Crippen LogP contribution is 2.36. The van der Waals surface area contributed by atoms with E-state index in [9.17, 15) is 9.59 Å². The lowest BCUT2D eigenvalue weighted by atomic mass is 10.1. The molecule has 0 aliphatic carbocycles. The molecule has 0 radical (unpaired) electrons. The molecule has 0 bridgehead atoms. The first-order valence-corrected chi connectivity index (χ1v) is 9.28. The fourth-order valence-electron chi connectivity index (χ4n) is 3.03. The molecule has 3 rings (SSSR count). The van der Waals surface area contributed by atoms with Crippen LogP contribution in [-0.4, -0.2) is 37.5 Å². The van der Waals surface area contributed by atoms with Gasteiger partial charge >= 0.3 is 0 Å². The number of nitrogens with zero attached hydrogens (tertiary/aromatic N) is 1. The van der Waals surface area contributed by atoms with Gasteiger partial charge in [-0.1, -0.05) is 48.0 Å². The monoisotopic (exact) mass is 412 g/mol. The van der Waals surface area contributed by atoms with Crippen LogP contribution in [0.1, 0.15) is 15.9 Å². The van der Waals surface area contributed by atoms with Gasteiger partial charge in [-0.3, -0.25) is 9.59 Å². The van der Waals surface area contributed by atoms with E-state index in [1.807, 2.05) is 36.4 Å². The van der Waals surface area contributed by atoms with E-state index >= 15 is 0 Å². The number of fused-ring (bicyclic) bond motifs is 1. The quantitative estimate of drug-likeness (QED) is 0.642. The number of nitrogens with two attached hydrogens (primary N) is 1. The minimum Gasteiger partial charge on any atom is -0.493 e. The highest BCUT2D eigenvalue weighted by atomic mass is 35.5. The molecule has 0 aliphatic rings. The van der Waals surface area contributed by atoms with Crippen molar-refractivity contribution < 1.29 is 19.1 Å². The van der Waals surface area contributed by atoms with E-state index in [1.54, 1.807) is 11.9 Å². The van der Waals surface area contributed by atoms with Crippen LogP contribution in [0, 0.1) is 0 Å². The summed E-state index contributed by atoms with van der Waals surface area (Å²) >= 11 is 6.24. The molecule has 3 aromatic rings. The molecule has 0 aromatic heterocycles. The predicted molar refractivity (Wildman–Crippen MR) is 112 cm³/mol. The maximum absolute atomic E-state index is 12.9. The van der Waals surface area contributed by atoms with Crippen molar-refractivity contribution in [3.63, 3.8) is 0 Å². The van der Waals surface area contributed by atoms with E-state index in [0.29, 0.717) is 12.1 Å². The van der Waals surface area contributed by atoms with Gasteiger partial charge in [0.1, 0.15) is 0 Å². The third-order valence-electron chi connectivity index (χ3n) is 4.42. The fourth-order valence-corrected chi connectivity index (χ4v) is 3.30. The van der Waals surface area contributed by atoms with Crippen molar-refractivity contribution in [2.45, 2.75) is 6.54 Å². The van der Waals surface area contributed by atoms with E-state index in [0.717, 1.165) is 16.3 Å². The van der Waals surface area contributed by atoms with Crippen molar-refractivity contribution in [3.05, 3.63) is 70.7 Å². The summed E-state index contributed by atoms with van der Waals surface area (Å²) in [5.41, 5.74) is 6.46. The van der Waals surface area contributed by atoms with Crippen molar-refractivity contribution >= 4 is 34.2 Å². The summed E-state index contributed by atoms with van der Waals surface area (Å²) in [6.45, 7) is 0.0920. The lowest BCUT2D eigenvalue weighted by Gasteiger charge is -2.19. The van der Waals surface area contributed by atoms with Crippen LogP contribution >= 0.6 is 11.6 Å². The third kappa shape index (κ3) is 4.78. The second-order valence-corrected chi connectivity index (χ2v) is 6.99. The molecular formula is C22H21ClN2O4. The maximum atomic E-state index is 12.9. The summed E-state index contributed by atoms with van der Waals surface area (Å²) in [5.74, 6) is -0.443. The highest BCUT2D eigenvalue weighted by Gasteiger charge is 2.19. The molecule has 150 valence electrons. The highest BCUT2D eigenvalue weighted by molar-refractivity contribution is 6.32. The van der Waals surface area contributed by atoms with Crippen LogP contribution < -0.4 is 15.2 Å². The SMILES string of the molecule is COc1cc(C(=O)N(C)Cc2ccc3ccccc3c2)cc(Cl)c1OCC(N)=O. The van der Waals surface area contributed by atoms with E-state index in [2.05, 4.69) is 6.07 Å². The van der Waals surface area contributed by atoms with Gasteiger partial charge in [0.05, 0.1) is 12.1 Å². The Morgan fingerprint density at radius 3 is 2.48 bits per heavy atom. The Morgan fingerprint density at radius 1 is 1.07 bits per heavy atom. The van der Waals surface area contributed by atoms with Gasteiger partial charge in [0, 0.05) is 19.2 Å². The van der Waals surface area contributed by atoms with Gasteiger partial charge in [-0.2, -0.15) is 0 Å². The Bertz CT molecular complexity index is 1070. The molecule has 0 aliphatic heterocycles. The van der Waals surface area contributed by atoms with Gasteiger partial charge in [0.25, 0.3) is 11.8 Å². The number of ether oxygens (including phenoxy) is 2. The second kappa shape index (κ2) is 8.84. The number of primary amides is 1. The molecule has 29 heavy (non-hydrogen) atoms. The fraction of sp³-hybridized carbons (Fsp3) is 0.182. The minimum atomic E-state index is -0.640. The Labute approximate surface area is 173 Å². The van der Waals surface area contributed by atoms with Crippen LogP contribution in [0.2, 0.25) is 5.02 Å². The van der Waals surface area contributed by atoms with E-state index < -0.39 is 5.91 Å². The number of hydrogen-bond donors (Lipinski definition) is 1. The number of carbonyl (C=O) groups excluding carboxylic acids is 2. The van der Waals surface area contributed by atoms with Gasteiger partial charge in [-0.15, -0.1) is 0 Å². The number of rotatable bonds is 7. The first-order valence-electron chi connectivity index (χ1n) is 8.91. The number of halogens is 1. The van der Waals surface area contributed by atoms with Gasteiger partial charge in [0.2, 0.25) is 0 Å². The molecule has 0 saturated carbocycles. The number of benzene rings is 3. The molecule has 0 fully saturated rings. The molecule has 2 N–H and O–H groups in total. The van der Waals surface area contributed by atoms with Crippen LogP contribution in [0.5, 0.6) is 11.5 Å². The largest absolute Gasteiger partial charge is 0.493 e. The lowest BCUT2D eigenvalue weighted by molar-refractivity contribution is -0.119. The molecule has 0 atom stereocenters. The van der Waals surface area contributed by atoms with Crippen molar-refractivity contribution in [1.82, 2.24) is 4.90 Å². The third-order valence-corrected chi connectivity index (χ3v) is 4.70. The van der Waals surface area contributed by atoms with Gasteiger partial charge in [-0.25, -0.2) is 0 Å². The van der Waals surface area contributed by atoms with Crippen molar-refractivity contribution in [2.75, 3.05) is 20.8 Å². The second-order valence-electron chi connectivity index (χ2n) is 6.59. The standard InChI is InChI=1S/C22H21ClN2O4/c1-25(12-14-7-8-15-5-3-4-6-16(15)9-14)22(27)17-10-18(23)21(19(11-17)28-2)29-13-20(24)26/h3-11H,12-13H2,1-2H3,(H2,24,26). The van der Waals surface area contributed by atoms with Gasteiger partial charge < -0.3 is 20.1 Å². The average molecular weight is 413 g/mol. The number of hydrogen-bond acceptors (Lipinski definition) is 4. The number of methoxy groups -OCH3 is 1. The summed E-state index contributed by atoms with van der Waals surface area (Å²) in [7, 11) is 3.14. The van der Waals surface area contributed by atoms with Gasteiger partial charge in [-0.05, 0) is 34.5 Å². The van der Waals surface area contributed by atoms with Crippen molar-refractivity contribution in [1.29, 1.82) is 0 Å². The predicted octanol–water partition coefficient (Wildman–Crippen LogP) is 3.64. The van der Waals surface area contributed by atoms with Crippen LogP contribution in [-0.2, 0) is 11.3 Å². The summed E-state index contributed by atoms with van der Waals surface area (Å²) in [6.07, 6.45) is 0. The molecule has 0 spiro atoms. The van der Waals surface area contributed by atoms with E-state index in [4.69, 9.17) is 26.8 Å². The first kappa shape index (κ1) is 20.5. The average Bonchev–Trinajstić information content (AvgIpc) is 2.71. The number of amides is 2. The number of carbonyl (C=O) groups is 2. The Balaban J connectivity index is 1.80. The lowest BCUT2D eigenvalue weighted by Crippen LogP contribution is -2.26. The summed E-state index contributed by atoms with van der Waals surface area (Å²) in [6, 6.07) is 17.2. The van der Waals surface area contributed by atoms with Crippen molar-refractivity contribution in [2.24, 2.45) is 5.73 Å². The van der Waals surface area contributed by atoms with E-state index in [1.165, 1.54) is 19.2 Å². The topological polar surface area (TPSA) is 81.9 Å². The Morgan fingerprint density at radius 2 is 1.79 bits per heavy atom. The maximum Gasteiger partial charge on any atom is 0.255 e. The van der Waals surface area contributed by atoms with Crippen molar-refractivity contribution in [3.8, 4) is 11.5 Å². The molecular weight excluding hydrogens is 392 g/mol. The zero-order valence-electron chi connectivity index (χ0n) is 16.1. The molecule has 0 saturated heterocycles. The molecule has 0 unspecified atom stereocenters. The smallest absolute Gasteiger partial charge is 0.255 e. The molecule has 7 heteroatoms. The van der Waals surface area contributed by atoms with Crippen LogP contribution in [0.3, 0.4) is 0 Å². The zero-order chi connectivity index (χ0) is 21.0. The minimum absolute atomic E-state index is 0.160. The van der Waals surface area contributed by atoms with Gasteiger partial charge in [0.15, 0.2) is 18.1 Å². The molecule has 0 heterocycles. The van der Waals surface area contributed by atoms with E-state index in [-0.39, 0.29) is 29.0 Å². The zero-order valence-corrected chi connectivity index (χ0v) is 16.9. The van der Waals surface area contributed by atoms with Crippen LogP contribution in [0.15, 0.2) is 54.6 Å².